The Morgan fingerprint density at radius 1 is 1.29 bits per heavy atom. The highest BCUT2D eigenvalue weighted by atomic mass is 35.6. The summed E-state index contributed by atoms with van der Waals surface area (Å²) in [5, 5.41) is 7.87. The maximum Gasteiger partial charge on any atom is 0.372 e. The molecule has 2 heterocycles. The molecule has 0 aliphatic carbocycles. The number of hydrogen-bond acceptors (Lipinski definition) is 5. The van der Waals surface area contributed by atoms with Crippen LogP contribution in [0.5, 0.6) is 0 Å². The highest BCUT2D eigenvalue weighted by molar-refractivity contribution is 6.66. The van der Waals surface area contributed by atoms with Gasteiger partial charge in [0.15, 0.2) is 11.6 Å². The van der Waals surface area contributed by atoms with Crippen molar-refractivity contribution in [2.75, 3.05) is 0 Å². The largest absolute Gasteiger partial charge is 0.372 e. The topological polar surface area (TPSA) is 78.5 Å². The number of aromatic nitrogens is 6. The fourth-order valence-corrected chi connectivity index (χ4v) is 1.99. The molecule has 21 heavy (non-hydrogen) atoms. The monoisotopic (exact) mass is 350 g/mol. The van der Waals surface area contributed by atoms with Gasteiger partial charge in [-0.05, 0) is 5.41 Å². The second-order valence-electron chi connectivity index (χ2n) is 5.62. The van der Waals surface area contributed by atoms with Gasteiger partial charge in [-0.25, -0.2) is 14.8 Å². The minimum Gasteiger partial charge on any atom is -0.243 e. The standard InChI is InChI=1S/C11H13Cl3N6O/c1-10(2,3)4-7-17-8(11(12,13)14)20(18-7)9(21)19-6-15-5-16-19/h5-6H,4H2,1-3H3. The summed E-state index contributed by atoms with van der Waals surface area (Å²) in [6.45, 7) is 6.05. The molecule has 10 heteroatoms. The Hall–Kier alpha value is -1.18. The molecule has 0 aromatic carbocycles. The Morgan fingerprint density at radius 2 is 1.95 bits per heavy atom. The van der Waals surface area contributed by atoms with E-state index in [1.807, 2.05) is 20.8 Å². The molecule has 0 atom stereocenters. The van der Waals surface area contributed by atoms with Crippen molar-refractivity contribution >= 4 is 40.8 Å². The van der Waals surface area contributed by atoms with Gasteiger partial charge >= 0.3 is 6.03 Å². The van der Waals surface area contributed by atoms with Gasteiger partial charge in [-0.2, -0.15) is 14.5 Å². The lowest BCUT2D eigenvalue weighted by atomic mass is 9.92. The van der Waals surface area contributed by atoms with E-state index in [-0.39, 0.29) is 11.2 Å². The number of alkyl halides is 3. The summed E-state index contributed by atoms with van der Waals surface area (Å²) >= 11 is 17.6. The van der Waals surface area contributed by atoms with Crippen molar-refractivity contribution in [1.82, 2.24) is 29.5 Å². The van der Waals surface area contributed by atoms with Crippen LogP contribution in [0.15, 0.2) is 12.7 Å². The number of halogens is 3. The van der Waals surface area contributed by atoms with Crippen LogP contribution < -0.4 is 0 Å². The molecule has 0 saturated heterocycles. The zero-order chi connectivity index (χ0) is 15.8. The van der Waals surface area contributed by atoms with Crippen molar-refractivity contribution in [2.45, 2.75) is 31.0 Å². The molecular formula is C11H13Cl3N6O. The fraction of sp³-hybridized carbons (Fsp3) is 0.545. The third-order valence-electron chi connectivity index (χ3n) is 2.39. The number of carbonyl (C=O) groups is 1. The number of hydrogen-bond donors (Lipinski definition) is 0. The number of carbonyl (C=O) groups excluding carboxylic acids is 1. The van der Waals surface area contributed by atoms with E-state index in [4.69, 9.17) is 34.8 Å². The van der Waals surface area contributed by atoms with E-state index in [2.05, 4.69) is 20.2 Å². The van der Waals surface area contributed by atoms with Gasteiger partial charge in [0.25, 0.3) is 0 Å². The Kier molecular flexibility index (Phi) is 4.28. The maximum atomic E-state index is 12.3. The van der Waals surface area contributed by atoms with Crippen molar-refractivity contribution < 1.29 is 4.79 Å². The van der Waals surface area contributed by atoms with Crippen molar-refractivity contribution in [1.29, 1.82) is 0 Å². The molecule has 0 aliphatic rings. The van der Waals surface area contributed by atoms with Gasteiger partial charge in [0.2, 0.25) is 3.79 Å². The van der Waals surface area contributed by atoms with E-state index in [0.717, 1.165) is 9.36 Å². The lowest BCUT2D eigenvalue weighted by Gasteiger charge is -2.14. The smallest absolute Gasteiger partial charge is 0.243 e. The van der Waals surface area contributed by atoms with Crippen molar-refractivity contribution in [3.8, 4) is 0 Å². The van der Waals surface area contributed by atoms with Gasteiger partial charge in [-0.15, -0.1) is 5.10 Å². The number of rotatable bonds is 1. The maximum absolute atomic E-state index is 12.3. The van der Waals surface area contributed by atoms with Crippen LogP contribution in [-0.4, -0.2) is 35.6 Å². The molecule has 0 aliphatic heterocycles. The van der Waals surface area contributed by atoms with Gasteiger partial charge in [0, 0.05) is 6.42 Å². The molecule has 114 valence electrons. The van der Waals surface area contributed by atoms with E-state index in [1.54, 1.807) is 0 Å². The Labute approximate surface area is 136 Å². The van der Waals surface area contributed by atoms with Gasteiger partial charge in [0.1, 0.15) is 12.7 Å². The lowest BCUT2D eigenvalue weighted by molar-refractivity contribution is 0.237. The van der Waals surface area contributed by atoms with Crippen molar-refractivity contribution in [3.05, 3.63) is 24.3 Å². The van der Waals surface area contributed by atoms with E-state index in [9.17, 15) is 4.79 Å². The molecule has 0 bridgehead atoms. The second-order valence-corrected chi connectivity index (χ2v) is 7.90. The average Bonchev–Trinajstić information content (AvgIpc) is 2.92. The van der Waals surface area contributed by atoms with E-state index >= 15 is 0 Å². The van der Waals surface area contributed by atoms with Crippen LogP contribution in [0.3, 0.4) is 0 Å². The summed E-state index contributed by atoms with van der Waals surface area (Å²) in [6, 6.07) is -0.624. The quantitative estimate of drug-likeness (QED) is 0.738. The summed E-state index contributed by atoms with van der Waals surface area (Å²) < 4.78 is 0.0393. The highest BCUT2D eigenvalue weighted by Gasteiger charge is 2.34. The molecule has 2 rings (SSSR count). The van der Waals surface area contributed by atoms with Crippen LogP contribution in [0.4, 0.5) is 4.79 Å². The summed E-state index contributed by atoms with van der Waals surface area (Å²) in [5.41, 5.74) is -0.0760. The summed E-state index contributed by atoms with van der Waals surface area (Å²) in [7, 11) is 0. The van der Waals surface area contributed by atoms with Crippen molar-refractivity contribution in [2.24, 2.45) is 5.41 Å². The normalized spacial score (nSPS) is 12.7. The second kappa shape index (κ2) is 5.55. The van der Waals surface area contributed by atoms with E-state index in [0.29, 0.717) is 12.2 Å². The molecule has 2 aromatic heterocycles. The van der Waals surface area contributed by atoms with Gasteiger partial charge in [-0.1, -0.05) is 55.6 Å². The first kappa shape index (κ1) is 16.2. The molecule has 7 nitrogen and oxygen atoms in total. The third-order valence-corrected chi connectivity index (χ3v) is 2.90. The van der Waals surface area contributed by atoms with Crippen LogP contribution in [-0.2, 0) is 10.2 Å². The molecule has 0 N–H and O–H groups in total. The lowest BCUT2D eigenvalue weighted by Crippen LogP contribution is -2.26. The van der Waals surface area contributed by atoms with Gasteiger partial charge < -0.3 is 0 Å². The predicted octanol–water partition coefficient (Wildman–Crippen LogP) is 2.80. The molecule has 0 radical (unpaired) electrons. The van der Waals surface area contributed by atoms with Crippen LogP contribution in [0.1, 0.15) is 32.4 Å². The zero-order valence-corrected chi connectivity index (χ0v) is 13.9. The van der Waals surface area contributed by atoms with Crippen LogP contribution in [0.2, 0.25) is 0 Å². The van der Waals surface area contributed by atoms with Gasteiger partial charge in [0.05, 0.1) is 0 Å². The Balaban J connectivity index is 2.46. The van der Waals surface area contributed by atoms with E-state index < -0.39 is 9.82 Å². The fourth-order valence-electron chi connectivity index (χ4n) is 1.62. The molecule has 2 aromatic rings. The van der Waals surface area contributed by atoms with Crippen LogP contribution >= 0.6 is 34.8 Å². The Bertz CT molecular complexity index is 638. The van der Waals surface area contributed by atoms with Crippen LogP contribution in [0.25, 0.3) is 0 Å². The average molecular weight is 352 g/mol. The molecule has 0 unspecified atom stereocenters. The highest BCUT2D eigenvalue weighted by Crippen LogP contribution is 2.37. The zero-order valence-electron chi connectivity index (χ0n) is 11.6. The molecule has 0 saturated carbocycles. The first-order valence-electron chi connectivity index (χ1n) is 6.00. The Morgan fingerprint density at radius 3 is 2.43 bits per heavy atom. The van der Waals surface area contributed by atoms with Crippen LogP contribution in [0, 0.1) is 5.41 Å². The molecule has 0 fully saturated rings. The molecule has 0 spiro atoms. The summed E-state index contributed by atoms with van der Waals surface area (Å²) in [5.74, 6) is 0.338. The van der Waals surface area contributed by atoms with Crippen molar-refractivity contribution in [3.63, 3.8) is 0 Å². The number of nitrogens with zero attached hydrogens (tertiary/aromatic N) is 6. The molecule has 0 amide bonds. The van der Waals surface area contributed by atoms with Gasteiger partial charge in [-0.3, -0.25) is 0 Å². The third kappa shape index (κ3) is 3.93. The molecular weight excluding hydrogens is 339 g/mol. The SMILES string of the molecule is CC(C)(C)Cc1nc(C(Cl)(Cl)Cl)n(C(=O)n2cncn2)n1. The minimum atomic E-state index is -1.88. The van der Waals surface area contributed by atoms with E-state index in [1.165, 1.54) is 12.7 Å². The summed E-state index contributed by atoms with van der Waals surface area (Å²) in [4.78, 5) is 20.2. The predicted molar refractivity (Wildman–Crippen MR) is 78.6 cm³/mol. The summed E-state index contributed by atoms with van der Waals surface area (Å²) in [6.07, 6.45) is 2.98. The first-order valence-corrected chi connectivity index (χ1v) is 7.14. The first-order chi connectivity index (χ1) is 9.58. The minimum absolute atomic E-state index is 0.0760.